The van der Waals surface area contributed by atoms with Gasteiger partial charge >= 0.3 is 12.2 Å². The fraction of sp³-hybridized carbons (Fsp3) is 0.154. The van der Waals surface area contributed by atoms with Gasteiger partial charge in [-0.25, -0.2) is 4.79 Å². The molecule has 0 atom stereocenters. The number of rotatable bonds is 10. The SMILES string of the molecule is NO/C(=C\NCc1ccc(CO)cc1)NC(=O)Nc1cc(NC(=O)Cc2ccccc2)cc(C(F)(F)F)c1. The minimum Gasteiger partial charge on any atom is -0.392 e. The number of aliphatic hydroxyl groups excluding tert-OH is 1. The third-order valence-corrected chi connectivity index (χ3v) is 5.12. The number of carbonyl (C=O) groups excluding carboxylic acids is 2. The molecule has 38 heavy (non-hydrogen) atoms. The second-order valence-corrected chi connectivity index (χ2v) is 8.07. The molecule has 3 aromatic carbocycles. The van der Waals surface area contributed by atoms with E-state index in [1.807, 2.05) is 0 Å². The van der Waals surface area contributed by atoms with E-state index >= 15 is 0 Å². The van der Waals surface area contributed by atoms with E-state index in [0.717, 1.165) is 23.3 Å². The number of halogens is 3. The number of hydrogen-bond donors (Lipinski definition) is 6. The largest absolute Gasteiger partial charge is 0.416 e. The number of hydrogen-bond acceptors (Lipinski definition) is 6. The summed E-state index contributed by atoms with van der Waals surface area (Å²) in [6.45, 7) is 0.257. The van der Waals surface area contributed by atoms with Crippen LogP contribution in [0.4, 0.5) is 29.3 Å². The summed E-state index contributed by atoms with van der Waals surface area (Å²) in [6.07, 6.45) is -3.50. The van der Waals surface area contributed by atoms with Crippen molar-refractivity contribution in [2.75, 3.05) is 10.6 Å². The molecule has 3 amide bonds. The van der Waals surface area contributed by atoms with E-state index in [-0.39, 0.29) is 30.3 Å². The first-order valence-corrected chi connectivity index (χ1v) is 11.3. The van der Waals surface area contributed by atoms with Crippen LogP contribution >= 0.6 is 0 Å². The number of anilines is 2. The molecule has 0 unspecified atom stereocenters. The van der Waals surface area contributed by atoms with E-state index in [9.17, 15) is 22.8 Å². The lowest BCUT2D eigenvalue weighted by molar-refractivity contribution is -0.137. The van der Waals surface area contributed by atoms with Crippen molar-refractivity contribution in [1.82, 2.24) is 10.6 Å². The van der Waals surface area contributed by atoms with Crippen molar-refractivity contribution in [2.24, 2.45) is 5.90 Å². The van der Waals surface area contributed by atoms with Crippen LogP contribution in [0, 0.1) is 0 Å². The van der Waals surface area contributed by atoms with Gasteiger partial charge in [-0.1, -0.05) is 54.6 Å². The summed E-state index contributed by atoms with van der Waals surface area (Å²) in [6, 6.07) is 17.5. The molecular weight excluding hydrogens is 503 g/mol. The van der Waals surface area contributed by atoms with E-state index in [1.54, 1.807) is 54.6 Å². The fourth-order valence-corrected chi connectivity index (χ4v) is 3.32. The maximum atomic E-state index is 13.4. The minimum absolute atomic E-state index is 0.0408. The van der Waals surface area contributed by atoms with Crippen LogP contribution in [0.3, 0.4) is 0 Å². The summed E-state index contributed by atoms with van der Waals surface area (Å²) in [5.41, 5.74) is 0.875. The van der Waals surface area contributed by atoms with Crippen LogP contribution in [0.5, 0.6) is 0 Å². The van der Waals surface area contributed by atoms with E-state index in [1.165, 1.54) is 12.3 Å². The average molecular weight is 530 g/mol. The lowest BCUT2D eigenvalue weighted by atomic mass is 10.1. The van der Waals surface area contributed by atoms with Gasteiger partial charge in [-0.05, 0) is 34.9 Å². The van der Waals surface area contributed by atoms with Gasteiger partial charge in [-0.2, -0.15) is 19.1 Å². The predicted octanol–water partition coefficient (Wildman–Crippen LogP) is 3.98. The zero-order valence-electron chi connectivity index (χ0n) is 20.0. The summed E-state index contributed by atoms with van der Waals surface area (Å²) < 4.78 is 40.3. The van der Waals surface area contributed by atoms with Crippen molar-refractivity contribution >= 4 is 23.3 Å². The van der Waals surface area contributed by atoms with Crippen LogP contribution < -0.4 is 27.2 Å². The van der Waals surface area contributed by atoms with Crippen LogP contribution in [0.2, 0.25) is 0 Å². The molecule has 200 valence electrons. The zero-order valence-corrected chi connectivity index (χ0v) is 20.0. The van der Waals surface area contributed by atoms with Crippen LogP contribution in [-0.4, -0.2) is 17.0 Å². The Morgan fingerprint density at radius 1 is 0.895 bits per heavy atom. The van der Waals surface area contributed by atoms with Gasteiger partial charge in [0.1, 0.15) is 0 Å². The molecule has 3 aromatic rings. The van der Waals surface area contributed by atoms with Crippen LogP contribution in [-0.2, 0) is 35.4 Å². The first-order chi connectivity index (χ1) is 18.2. The molecule has 0 bridgehead atoms. The molecule has 0 aliphatic rings. The van der Waals surface area contributed by atoms with Gasteiger partial charge in [-0.15, -0.1) is 0 Å². The Bertz CT molecular complexity index is 1270. The summed E-state index contributed by atoms with van der Waals surface area (Å²) in [5.74, 6) is 4.45. The Morgan fingerprint density at radius 3 is 2.13 bits per heavy atom. The second-order valence-electron chi connectivity index (χ2n) is 8.07. The zero-order chi connectivity index (χ0) is 27.5. The number of benzene rings is 3. The summed E-state index contributed by atoms with van der Waals surface area (Å²) in [4.78, 5) is 29.4. The van der Waals surface area contributed by atoms with E-state index in [4.69, 9.17) is 11.0 Å². The van der Waals surface area contributed by atoms with E-state index in [2.05, 4.69) is 26.1 Å². The van der Waals surface area contributed by atoms with Crippen LogP contribution in [0.1, 0.15) is 22.3 Å². The highest BCUT2D eigenvalue weighted by Crippen LogP contribution is 2.33. The topological polar surface area (TPSA) is 138 Å². The smallest absolute Gasteiger partial charge is 0.392 e. The summed E-state index contributed by atoms with van der Waals surface area (Å²) in [7, 11) is 0. The fourth-order valence-electron chi connectivity index (χ4n) is 3.32. The summed E-state index contributed by atoms with van der Waals surface area (Å²) >= 11 is 0. The monoisotopic (exact) mass is 529 g/mol. The molecule has 0 aliphatic carbocycles. The molecule has 0 spiro atoms. The standard InChI is InChI=1S/C26H26F3N5O4/c27-26(28,29)20-11-21(32-23(36)10-17-4-2-1-3-5-17)13-22(12-20)33-25(37)34-24(38-30)15-31-14-18-6-8-19(16-35)9-7-18/h1-9,11-13,15,31,35H,10,14,16,30H2,(H,32,36)(H2,33,34,37)/b24-15-. The lowest BCUT2D eigenvalue weighted by Gasteiger charge is -2.15. The molecule has 0 aliphatic heterocycles. The molecular formula is C26H26F3N5O4. The Kier molecular flexibility index (Phi) is 9.68. The first kappa shape index (κ1) is 28.0. The Labute approximate surface area is 216 Å². The van der Waals surface area contributed by atoms with Crippen molar-refractivity contribution in [1.29, 1.82) is 0 Å². The minimum atomic E-state index is -4.72. The van der Waals surface area contributed by atoms with Gasteiger partial charge in [0, 0.05) is 17.9 Å². The Hall–Kier alpha value is -4.55. The third kappa shape index (κ3) is 8.84. The number of amides is 3. The molecule has 3 rings (SSSR count). The van der Waals surface area contributed by atoms with Crippen molar-refractivity contribution in [3.05, 3.63) is 107 Å². The predicted molar refractivity (Wildman–Crippen MR) is 135 cm³/mol. The van der Waals surface area contributed by atoms with Crippen molar-refractivity contribution in [2.45, 2.75) is 25.7 Å². The van der Waals surface area contributed by atoms with Crippen molar-refractivity contribution in [3.8, 4) is 0 Å². The highest BCUT2D eigenvalue weighted by Gasteiger charge is 2.31. The Balaban J connectivity index is 1.65. The molecule has 0 aromatic heterocycles. The van der Waals surface area contributed by atoms with Crippen LogP contribution in [0.15, 0.2) is 84.9 Å². The number of alkyl halides is 3. The highest BCUT2D eigenvalue weighted by molar-refractivity contribution is 5.95. The van der Waals surface area contributed by atoms with Gasteiger partial charge in [-0.3, -0.25) is 10.1 Å². The number of urea groups is 1. The molecule has 0 heterocycles. The van der Waals surface area contributed by atoms with Gasteiger partial charge in [0.05, 0.1) is 24.8 Å². The Morgan fingerprint density at radius 2 is 1.53 bits per heavy atom. The average Bonchev–Trinajstić information content (AvgIpc) is 2.88. The molecule has 0 saturated heterocycles. The maximum Gasteiger partial charge on any atom is 0.416 e. The third-order valence-electron chi connectivity index (χ3n) is 5.12. The molecule has 0 fully saturated rings. The van der Waals surface area contributed by atoms with Gasteiger partial charge in [0.15, 0.2) is 0 Å². The van der Waals surface area contributed by atoms with Crippen LogP contribution in [0.25, 0.3) is 0 Å². The highest BCUT2D eigenvalue weighted by atomic mass is 19.4. The lowest BCUT2D eigenvalue weighted by Crippen LogP contribution is -2.31. The molecule has 7 N–H and O–H groups in total. The van der Waals surface area contributed by atoms with E-state index in [0.29, 0.717) is 12.1 Å². The quantitative estimate of drug-likeness (QED) is 0.174. The number of aliphatic hydroxyl groups is 1. The maximum absolute atomic E-state index is 13.4. The van der Waals surface area contributed by atoms with Gasteiger partial charge in [0.2, 0.25) is 11.8 Å². The van der Waals surface area contributed by atoms with Gasteiger partial charge in [0.25, 0.3) is 0 Å². The summed E-state index contributed by atoms with van der Waals surface area (Å²) in [5, 5.41) is 18.9. The van der Waals surface area contributed by atoms with Gasteiger partial charge < -0.3 is 25.9 Å². The molecule has 0 saturated carbocycles. The number of carbonyl (C=O) groups is 2. The normalized spacial score (nSPS) is 11.4. The first-order valence-electron chi connectivity index (χ1n) is 11.3. The van der Waals surface area contributed by atoms with E-state index < -0.39 is 23.7 Å². The second kappa shape index (κ2) is 13.1. The number of nitrogens with two attached hydrogens (primary N) is 1. The van der Waals surface area contributed by atoms with Crippen molar-refractivity contribution in [3.63, 3.8) is 0 Å². The molecule has 9 nitrogen and oxygen atoms in total. The number of nitrogens with one attached hydrogen (secondary N) is 4. The van der Waals surface area contributed by atoms with Crippen molar-refractivity contribution < 1.29 is 32.7 Å². The molecule has 12 heteroatoms. The molecule has 0 radical (unpaired) electrons.